The van der Waals surface area contributed by atoms with Gasteiger partial charge in [0.15, 0.2) is 0 Å². The molecule has 5 aromatic rings. The molecule has 0 aliphatic rings. The molecule has 5 rings (SSSR count). The van der Waals surface area contributed by atoms with Crippen LogP contribution in [0.15, 0.2) is 91.3 Å². The van der Waals surface area contributed by atoms with Crippen LogP contribution in [0.3, 0.4) is 0 Å². The van der Waals surface area contributed by atoms with Gasteiger partial charge in [-0.15, -0.1) is 0 Å². The summed E-state index contributed by atoms with van der Waals surface area (Å²) in [5.41, 5.74) is 6.02. The van der Waals surface area contributed by atoms with Crippen molar-refractivity contribution < 1.29 is 4.79 Å². The standard InChI is InChI=1S/C25H19N3O/c29-25(20-9-10-22-21-3-1-2-4-23(21)28-24(22)15-20)27-16-17-5-7-18(8-6-17)19-11-13-26-14-12-19/h1-15,28H,16H2,(H,27,29). The van der Waals surface area contributed by atoms with E-state index in [2.05, 4.69) is 33.5 Å². The van der Waals surface area contributed by atoms with E-state index in [1.165, 1.54) is 5.39 Å². The first-order valence-corrected chi connectivity index (χ1v) is 9.56. The lowest BCUT2D eigenvalue weighted by Crippen LogP contribution is -2.22. The first kappa shape index (κ1) is 17.2. The maximum atomic E-state index is 12.6. The van der Waals surface area contributed by atoms with Gasteiger partial charge < -0.3 is 10.3 Å². The van der Waals surface area contributed by atoms with Crippen molar-refractivity contribution in [2.24, 2.45) is 0 Å². The summed E-state index contributed by atoms with van der Waals surface area (Å²) in [6, 6.07) is 26.1. The van der Waals surface area contributed by atoms with Gasteiger partial charge >= 0.3 is 0 Å². The monoisotopic (exact) mass is 377 g/mol. The molecular formula is C25H19N3O. The maximum Gasteiger partial charge on any atom is 0.251 e. The summed E-state index contributed by atoms with van der Waals surface area (Å²) in [5, 5.41) is 5.31. The van der Waals surface area contributed by atoms with Crippen LogP contribution in [0.4, 0.5) is 0 Å². The second kappa shape index (κ2) is 7.24. The number of rotatable bonds is 4. The van der Waals surface area contributed by atoms with Crippen LogP contribution < -0.4 is 5.32 Å². The summed E-state index contributed by atoms with van der Waals surface area (Å²) < 4.78 is 0. The molecule has 1 amide bonds. The lowest BCUT2D eigenvalue weighted by atomic mass is 10.1. The lowest BCUT2D eigenvalue weighted by Gasteiger charge is -2.07. The second-order valence-corrected chi connectivity index (χ2v) is 7.05. The molecule has 0 aliphatic carbocycles. The number of hydrogen-bond acceptors (Lipinski definition) is 2. The second-order valence-electron chi connectivity index (χ2n) is 7.05. The average Bonchev–Trinajstić information content (AvgIpc) is 3.16. The Morgan fingerprint density at radius 3 is 2.34 bits per heavy atom. The molecule has 2 N–H and O–H groups in total. The number of para-hydroxylation sites is 1. The largest absolute Gasteiger partial charge is 0.354 e. The van der Waals surface area contributed by atoms with Crippen molar-refractivity contribution in [1.29, 1.82) is 0 Å². The first-order chi connectivity index (χ1) is 14.3. The van der Waals surface area contributed by atoms with Crippen molar-refractivity contribution in [2.45, 2.75) is 6.54 Å². The Hall–Kier alpha value is -3.92. The third-order valence-corrected chi connectivity index (χ3v) is 5.19. The summed E-state index contributed by atoms with van der Waals surface area (Å²) in [6.45, 7) is 0.486. The van der Waals surface area contributed by atoms with Crippen LogP contribution in [0.1, 0.15) is 15.9 Å². The Morgan fingerprint density at radius 1 is 0.793 bits per heavy atom. The van der Waals surface area contributed by atoms with Crippen molar-refractivity contribution in [1.82, 2.24) is 15.3 Å². The number of H-pyrrole nitrogens is 1. The highest BCUT2D eigenvalue weighted by molar-refractivity contribution is 6.09. The van der Waals surface area contributed by atoms with Crippen LogP contribution in [0.5, 0.6) is 0 Å². The fourth-order valence-electron chi connectivity index (χ4n) is 3.64. The van der Waals surface area contributed by atoms with E-state index < -0.39 is 0 Å². The number of nitrogens with one attached hydrogen (secondary N) is 2. The van der Waals surface area contributed by atoms with Gasteiger partial charge in [-0.25, -0.2) is 0 Å². The molecule has 0 saturated heterocycles. The molecule has 0 fully saturated rings. The van der Waals surface area contributed by atoms with Gasteiger partial charge in [0.25, 0.3) is 5.91 Å². The minimum Gasteiger partial charge on any atom is -0.354 e. The van der Waals surface area contributed by atoms with Crippen LogP contribution in [-0.4, -0.2) is 15.9 Å². The molecule has 140 valence electrons. The number of carbonyl (C=O) groups excluding carboxylic acids is 1. The van der Waals surface area contributed by atoms with Crippen LogP contribution in [0, 0.1) is 0 Å². The van der Waals surface area contributed by atoms with Crippen molar-refractivity contribution in [2.75, 3.05) is 0 Å². The van der Waals surface area contributed by atoms with E-state index in [4.69, 9.17) is 0 Å². The summed E-state index contributed by atoms with van der Waals surface area (Å²) in [7, 11) is 0. The maximum absolute atomic E-state index is 12.6. The van der Waals surface area contributed by atoms with Crippen molar-refractivity contribution in [3.8, 4) is 11.1 Å². The smallest absolute Gasteiger partial charge is 0.251 e. The quantitative estimate of drug-likeness (QED) is 0.446. The Bertz CT molecular complexity index is 1300. The third-order valence-electron chi connectivity index (χ3n) is 5.19. The molecule has 0 atom stereocenters. The number of amides is 1. The number of carbonyl (C=O) groups is 1. The van der Waals surface area contributed by atoms with Gasteiger partial charge in [0, 0.05) is 46.3 Å². The molecule has 2 aromatic heterocycles. The minimum atomic E-state index is -0.0798. The van der Waals surface area contributed by atoms with Crippen molar-refractivity contribution in [3.05, 3.63) is 102 Å². The number of fused-ring (bicyclic) bond motifs is 3. The van der Waals surface area contributed by atoms with E-state index >= 15 is 0 Å². The zero-order chi connectivity index (χ0) is 19.6. The van der Waals surface area contributed by atoms with Gasteiger partial charge in [0.05, 0.1) is 0 Å². The normalized spacial score (nSPS) is 11.0. The number of pyridine rings is 1. The summed E-state index contributed by atoms with van der Waals surface area (Å²) >= 11 is 0. The van der Waals surface area contributed by atoms with Crippen LogP contribution in [0.2, 0.25) is 0 Å². The molecule has 4 nitrogen and oxygen atoms in total. The highest BCUT2D eigenvalue weighted by Crippen LogP contribution is 2.26. The molecular weight excluding hydrogens is 358 g/mol. The number of nitrogens with zero attached hydrogens (tertiary/aromatic N) is 1. The molecule has 0 saturated carbocycles. The molecule has 0 radical (unpaired) electrons. The Kier molecular flexibility index (Phi) is 4.30. The Balaban J connectivity index is 1.31. The predicted molar refractivity (Wildman–Crippen MR) is 117 cm³/mol. The molecule has 0 spiro atoms. The summed E-state index contributed by atoms with van der Waals surface area (Å²) in [6.07, 6.45) is 3.57. The van der Waals surface area contributed by atoms with Gasteiger partial charge in [-0.2, -0.15) is 0 Å². The number of aromatic amines is 1. The molecule has 0 aliphatic heterocycles. The highest BCUT2D eigenvalue weighted by atomic mass is 16.1. The summed E-state index contributed by atoms with van der Waals surface area (Å²) in [5.74, 6) is -0.0798. The zero-order valence-electron chi connectivity index (χ0n) is 15.7. The minimum absolute atomic E-state index is 0.0798. The van der Waals surface area contributed by atoms with E-state index in [0.717, 1.165) is 33.1 Å². The van der Waals surface area contributed by atoms with Gasteiger partial charge in [-0.3, -0.25) is 9.78 Å². The average molecular weight is 377 g/mol. The fourth-order valence-corrected chi connectivity index (χ4v) is 3.64. The number of benzene rings is 3. The van der Waals surface area contributed by atoms with Crippen molar-refractivity contribution >= 4 is 27.7 Å². The number of aromatic nitrogens is 2. The predicted octanol–water partition coefficient (Wildman–Crippen LogP) is 5.31. The van der Waals surface area contributed by atoms with E-state index in [0.29, 0.717) is 12.1 Å². The highest BCUT2D eigenvalue weighted by Gasteiger charge is 2.09. The first-order valence-electron chi connectivity index (χ1n) is 9.56. The number of hydrogen-bond donors (Lipinski definition) is 2. The van der Waals surface area contributed by atoms with Crippen LogP contribution in [0.25, 0.3) is 32.9 Å². The fraction of sp³-hybridized carbons (Fsp3) is 0.0400. The van der Waals surface area contributed by atoms with E-state index in [-0.39, 0.29) is 5.91 Å². The lowest BCUT2D eigenvalue weighted by molar-refractivity contribution is 0.0951. The van der Waals surface area contributed by atoms with Crippen molar-refractivity contribution in [3.63, 3.8) is 0 Å². The topological polar surface area (TPSA) is 57.8 Å². The molecule has 2 heterocycles. The Labute approximate surface area is 168 Å². The molecule has 0 bridgehead atoms. The van der Waals surface area contributed by atoms with E-state index in [9.17, 15) is 4.79 Å². The van der Waals surface area contributed by atoms with E-state index in [1.807, 2.05) is 60.7 Å². The molecule has 0 unspecified atom stereocenters. The van der Waals surface area contributed by atoms with Gasteiger partial charge in [0.1, 0.15) is 0 Å². The molecule has 29 heavy (non-hydrogen) atoms. The Morgan fingerprint density at radius 2 is 1.52 bits per heavy atom. The third kappa shape index (κ3) is 3.36. The van der Waals surface area contributed by atoms with Crippen LogP contribution >= 0.6 is 0 Å². The van der Waals surface area contributed by atoms with Gasteiger partial charge in [0.2, 0.25) is 0 Å². The van der Waals surface area contributed by atoms with Gasteiger partial charge in [-0.1, -0.05) is 48.5 Å². The molecule has 4 heteroatoms. The van der Waals surface area contributed by atoms with Crippen LogP contribution in [-0.2, 0) is 6.54 Å². The SMILES string of the molecule is O=C(NCc1ccc(-c2ccncc2)cc1)c1ccc2c(c1)[nH]c1ccccc12. The molecule has 3 aromatic carbocycles. The van der Waals surface area contributed by atoms with E-state index in [1.54, 1.807) is 12.4 Å². The van der Waals surface area contributed by atoms with Gasteiger partial charge in [-0.05, 0) is 47.0 Å². The summed E-state index contributed by atoms with van der Waals surface area (Å²) in [4.78, 5) is 20.1. The zero-order valence-corrected chi connectivity index (χ0v) is 15.7.